The molecule has 1 aliphatic heterocycles. The molecule has 1 atom stereocenters. The van der Waals surface area contributed by atoms with Gasteiger partial charge in [-0.2, -0.15) is 0 Å². The number of rotatable bonds is 8. The first-order valence-electron chi connectivity index (χ1n) is 10.2. The van der Waals surface area contributed by atoms with Crippen LogP contribution in [-0.2, 0) is 4.74 Å². The van der Waals surface area contributed by atoms with E-state index in [2.05, 4.69) is 20.1 Å². The maximum absolute atomic E-state index is 13.7. The van der Waals surface area contributed by atoms with E-state index >= 15 is 0 Å². The molecule has 1 aromatic carbocycles. The van der Waals surface area contributed by atoms with Crippen molar-refractivity contribution in [3.63, 3.8) is 0 Å². The van der Waals surface area contributed by atoms with E-state index in [0.29, 0.717) is 18.8 Å². The van der Waals surface area contributed by atoms with Gasteiger partial charge in [0.05, 0.1) is 36.3 Å². The van der Waals surface area contributed by atoms with Crippen molar-refractivity contribution in [2.24, 2.45) is 0 Å². The smallest absolute Gasteiger partial charge is 0.258 e. The monoisotopic (exact) mass is 416 g/mol. The first kappa shape index (κ1) is 22.1. The van der Waals surface area contributed by atoms with Crippen LogP contribution in [-0.4, -0.2) is 72.4 Å². The van der Waals surface area contributed by atoms with E-state index in [9.17, 15) is 14.3 Å². The molecule has 7 nitrogen and oxygen atoms in total. The highest BCUT2D eigenvalue weighted by atomic mass is 19.1. The van der Waals surface area contributed by atoms with Crippen molar-refractivity contribution in [3.05, 3.63) is 54.0 Å². The van der Waals surface area contributed by atoms with Crippen LogP contribution in [0.5, 0.6) is 0 Å². The SMILES string of the molecule is CC(C)OC[C@@H](O)CN1CCN(c2ccc(NC(=O)c3ccccc3F)cn2)CC1. The van der Waals surface area contributed by atoms with Crippen LogP contribution >= 0.6 is 0 Å². The summed E-state index contributed by atoms with van der Waals surface area (Å²) in [5, 5.41) is 12.8. The number of hydrogen-bond acceptors (Lipinski definition) is 6. The molecule has 1 saturated heterocycles. The maximum Gasteiger partial charge on any atom is 0.258 e. The average molecular weight is 416 g/mol. The van der Waals surface area contributed by atoms with Crippen LogP contribution in [0.15, 0.2) is 42.6 Å². The van der Waals surface area contributed by atoms with E-state index in [4.69, 9.17) is 4.74 Å². The van der Waals surface area contributed by atoms with Crippen LogP contribution in [0.4, 0.5) is 15.9 Å². The summed E-state index contributed by atoms with van der Waals surface area (Å²) in [6.07, 6.45) is 1.20. The summed E-state index contributed by atoms with van der Waals surface area (Å²) in [6, 6.07) is 9.47. The minimum Gasteiger partial charge on any atom is -0.389 e. The third kappa shape index (κ3) is 6.22. The first-order valence-corrected chi connectivity index (χ1v) is 10.2. The Balaban J connectivity index is 1.48. The summed E-state index contributed by atoms with van der Waals surface area (Å²) in [4.78, 5) is 21.0. The van der Waals surface area contributed by atoms with E-state index in [-0.39, 0.29) is 11.7 Å². The van der Waals surface area contributed by atoms with Crippen LogP contribution in [0.3, 0.4) is 0 Å². The number of aromatic nitrogens is 1. The van der Waals surface area contributed by atoms with Gasteiger partial charge in [0.1, 0.15) is 11.6 Å². The fourth-order valence-electron chi connectivity index (χ4n) is 3.30. The largest absolute Gasteiger partial charge is 0.389 e. The number of aliphatic hydroxyl groups is 1. The van der Waals surface area contributed by atoms with Gasteiger partial charge in [-0.25, -0.2) is 9.37 Å². The van der Waals surface area contributed by atoms with Gasteiger partial charge in [-0.3, -0.25) is 9.69 Å². The number of pyridine rings is 1. The van der Waals surface area contributed by atoms with Crippen molar-refractivity contribution in [2.45, 2.75) is 26.1 Å². The van der Waals surface area contributed by atoms with Crippen molar-refractivity contribution in [3.8, 4) is 0 Å². The Kier molecular flexibility index (Phi) is 7.73. The fraction of sp³-hybridized carbons (Fsp3) is 0.455. The molecule has 8 heteroatoms. The average Bonchev–Trinajstić information content (AvgIpc) is 2.74. The number of carbonyl (C=O) groups excluding carboxylic acids is 1. The summed E-state index contributed by atoms with van der Waals surface area (Å²) in [7, 11) is 0. The van der Waals surface area contributed by atoms with Crippen molar-refractivity contribution in [1.29, 1.82) is 0 Å². The molecular formula is C22H29FN4O3. The minimum absolute atomic E-state index is 0.00122. The van der Waals surface area contributed by atoms with Crippen LogP contribution < -0.4 is 10.2 Å². The molecule has 162 valence electrons. The zero-order valence-electron chi connectivity index (χ0n) is 17.4. The van der Waals surface area contributed by atoms with Crippen LogP contribution in [0.2, 0.25) is 0 Å². The Morgan fingerprint density at radius 3 is 2.57 bits per heavy atom. The van der Waals surface area contributed by atoms with Crippen molar-refractivity contribution >= 4 is 17.4 Å². The van der Waals surface area contributed by atoms with E-state index in [1.807, 2.05) is 19.9 Å². The molecule has 2 heterocycles. The van der Waals surface area contributed by atoms with Gasteiger partial charge in [0.15, 0.2) is 0 Å². The molecular weight excluding hydrogens is 387 g/mol. The first-order chi connectivity index (χ1) is 14.4. The topological polar surface area (TPSA) is 77.9 Å². The molecule has 3 rings (SSSR count). The lowest BCUT2D eigenvalue weighted by Crippen LogP contribution is -2.49. The summed E-state index contributed by atoms with van der Waals surface area (Å²) < 4.78 is 19.2. The molecule has 0 radical (unpaired) electrons. The number of β-amino-alcohol motifs (C(OH)–C–C–N with tert-alkyl or cyclic N) is 1. The zero-order valence-corrected chi connectivity index (χ0v) is 17.4. The molecule has 30 heavy (non-hydrogen) atoms. The Morgan fingerprint density at radius 2 is 1.93 bits per heavy atom. The molecule has 0 spiro atoms. The van der Waals surface area contributed by atoms with Gasteiger partial charge < -0.3 is 20.1 Å². The minimum atomic E-state index is -0.557. The Hall–Kier alpha value is -2.55. The van der Waals surface area contributed by atoms with Gasteiger partial charge >= 0.3 is 0 Å². The van der Waals surface area contributed by atoms with Gasteiger partial charge in [-0.15, -0.1) is 0 Å². The molecule has 1 aromatic heterocycles. The molecule has 1 amide bonds. The Bertz CT molecular complexity index is 823. The highest BCUT2D eigenvalue weighted by molar-refractivity contribution is 6.04. The predicted octanol–water partition coefficient (Wildman–Crippen LogP) is 2.38. The molecule has 1 fully saturated rings. The van der Waals surface area contributed by atoms with Crippen molar-refractivity contribution in [1.82, 2.24) is 9.88 Å². The van der Waals surface area contributed by atoms with Crippen LogP contribution in [0, 0.1) is 5.82 Å². The molecule has 0 saturated carbocycles. The number of nitrogens with one attached hydrogen (secondary N) is 1. The molecule has 0 bridgehead atoms. The third-order valence-corrected chi connectivity index (χ3v) is 4.91. The fourth-order valence-corrected chi connectivity index (χ4v) is 3.30. The number of carbonyl (C=O) groups is 1. The van der Waals surface area contributed by atoms with Crippen LogP contribution in [0.1, 0.15) is 24.2 Å². The van der Waals surface area contributed by atoms with Gasteiger partial charge in [-0.05, 0) is 38.1 Å². The standard InChI is InChI=1S/C22H29FN4O3/c1-16(2)30-15-18(28)14-26-9-11-27(12-10-26)21-8-7-17(13-24-21)25-22(29)19-5-3-4-6-20(19)23/h3-8,13,16,18,28H,9-12,14-15H2,1-2H3,(H,25,29)/t18-/m0/s1. The number of anilines is 2. The van der Waals surface area contributed by atoms with Gasteiger partial charge in [0.25, 0.3) is 5.91 Å². The zero-order chi connectivity index (χ0) is 21.5. The second-order valence-corrected chi connectivity index (χ2v) is 7.66. The number of halogens is 1. The lowest BCUT2D eigenvalue weighted by molar-refractivity contribution is -0.00900. The Morgan fingerprint density at radius 1 is 1.20 bits per heavy atom. The van der Waals surface area contributed by atoms with E-state index in [0.717, 1.165) is 32.0 Å². The number of nitrogens with zero attached hydrogens (tertiary/aromatic N) is 3. The lowest BCUT2D eigenvalue weighted by atomic mass is 10.2. The third-order valence-electron chi connectivity index (χ3n) is 4.91. The van der Waals surface area contributed by atoms with Gasteiger partial charge in [0, 0.05) is 32.7 Å². The Labute approximate surface area is 176 Å². The van der Waals surface area contributed by atoms with Crippen molar-refractivity contribution in [2.75, 3.05) is 49.5 Å². The van der Waals surface area contributed by atoms with E-state index < -0.39 is 17.8 Å². The number of piperazine rings is 1. The van der Waals surface area contributed by atoms with Crippen molar-refractivity contribution < 1.29 is 19.0 Å². The number of hydrogen-bond donors (Lipinski definition) is 2. The lowest BCUT2D eigenvalue weighted by Gasteiger charge is -2.36. The quantitative estimate of drug-likeness (QED) is 0.688. The number of ether oxygens (including phenoxy) is 1. The summed E-state index contributed by atoms with van der Waals surface area (Å²) in [5.41, 5.74) is 0.512. The molecule has 0 aliphatic carbocycles. The number of benzene rings is 1. The normalized spacial score (nSPS) is 16.0. The molecule has 0 unspecified atom stereocenters. The van der Waals surface area contributed by atoms with Gasteiger partial charge in [-0.1, -0.05) is 12.1 Å². The highest BCUT2D eigenvalue weighted by Crippen LogP contribution is 2.17. The molecule has 2 aromatic rings. The highest BCUT2D eigenvalue weighted by Gasteiger charge is 2.20. The predicted molar refractivity (Wildman–Crippen MR) is 114 cm³/mol. The molecule has 1 aliphatic rings. The number of aliphatic hydroxyl groups excluding tert-OH is 1. The number of amides is 1. The maximum atomic E-state index is 13.7. The summed E-state index contributed by atoms with van der Waals surface area (Å²) in [5.74, 6) is -0.239. The van der Waals surface area contributed by atoms with Gasteiger partial charge in [0.2, 0.25) is 0 Å². The second-order valence-electron chi connectivity index (χ2n) is 7.66. The van der Waals surface area contributed by atoms with E-state index in [1.165, 1.54) is 12.1 Å². The summed E-state index contributed by atoms with van der Waals surface area (Å²) in [6.45, 7) is 8.09. The molecule has 2 N–H and O–H groups in total. The van der Waals surface area contributed by atoms with Crippen LogP contribution in [0.25, 0.3) is 0 Å². The second kappa shape index (κ2) is 10.5. The van der Waals surface area contributed by atoms with E-state index in [1.54, 1.807) is 24.4 Å². The summed E-state index contributed by atoms with van der Waals surface area (Å²) >= 11 is 0.